The second-order valence-electron chi connectivity index (χ2n) is 5.97. The third-order valence-electron chi connectivity index (χ3n) is 3.27. The first-order valence-corrected chi connectivity index (χ1v) is 8.37. The molecule has 1 aromatic rings. The molecule has 1 aliphatic carbocycles. The predicted octanol–water partition coefficient (Wildman–Crippen LogP) is 0.594. The summed E-state index contributed by atoms with van der Waals surface area (Å²) >= 11 is 0. The minimum atomic E-state index is -3.56. The van der Waals surface area contributed by atoms with E-state index in [1.54, 1.807) is 26.0 Å². The molecule has 0 bridgehead atoms. The number of hydrogen-bond acceptors (Lipinski definition) is 4. The van der Waals surface area contributed by atoms with E-state index >= 15 is 0 Å². The Labute approximate surface area is 125 Å². The fourth-order valence-electron chi connectivity index (χ4n) is 1.72. The predicted molar refractivity (Wildman–Crippen MR) is 80.4 cm³/mol. The zero-order chi connectivity index (χ0) is 15.7. The monoisotopic (exact) mass is 311 g/mol. The number of hydrogen-bond donors (Lipinski definition) is 3. The van der Waals surface area contributed by atoms with E-state index in [0.717, 1.165) is 12.8 Å². The molecule has 0 unspecified atom stereocenters. The van der Waals surface area contributed by atoms with Gasteiger partial charge < -0.3 is 11.1 Å². The lowest BCUT2D eigenvalue weighted by Gasteiger charge is -2.24. The van der Waals surface area contributed by atoms with E-state index in [4.69, 9.17) is 5.73 Å². The molecule has 0 atom stereocenters. The number of nitrogens with two attached hydrogens (primary N) is 1. The smallest absolute Gasteiger partial charge is 0.251 e. The summed E-state index contributed by atoms with van der Waals surface area (Å²) in [4.78, 5) is 12.3. The van der Waals surface area contributed by atoms with Crippen LogP contribution in [0.1, 0.15) is 37.0 Å². The lowest BCUT2D eigenvalue weighted by molar-refractivity contribution is 0.0915. The first-order chi connectivity index (χ1) is 9.73. The summed E-state index contributed by atoms with van der Waals surface area (Å²) in [6.07, 6.45) is 1.73. The number of carbonyl (C=O) groups is 1. The lowest BCUT2D eigenvalue weighted by atomic mass is 10.1. The summed E-state index contributed by atoms with van der Waals surface area (Å²) in [7, 11) is -3.56. The van der Waals surface area contributed by atoms with Crippen molar-refractivity contribution in [3.05, 3.63) is 29.8 Å². The minimum absolute atomic E-state index is 0.0312. The fraction of sp³-hybridized carbons (Fsp3) is 0.500. The molecule has 1 amide bonds. The molecular weight excluding hydrogens is 290 g/mol. The maximum atomic E-state index is 12.2. The highest BCUT2D eigenvalue weighted by atomic mass is 32.2. The second kappa shape index (κ2) is 5.75. The summed E-state index contributed by atoms with van der Waals surface area (Å²) in [6.45, 7) is 3.90. The van der Waals surface area contributed by atoms with Crippen LogP contribution in [0.3, 0.4) is 0 Å². The normalized spacial score (nSPS) is 15.8. The van der Waals surface area contributed by atoms with E-state index in [0.29, 0.717) is 12.1 Å². The molecule has 0 saturated heterocycles. The van der Waals surface area contributed by atoms with Gasteiger partial charge in [-0.25, -0.2) is 13.1 Å². The van der Waals surface area contributed by atoms with Gasteiger partial charge in [-0.15, -0.1) is 0 Å². The maximum absolute atomic E-state index is 12.2. The van der Waals surface area contributed by atoms with Crippen LogP contribution in [0, 0.1) is 0 Å². The molecule has 0 aliphatic heterocycles. The number of nitrogens with one attached hydrogen (secondary N) is 2. The first-order valence-electron chi connectivity index (χ1n) is 6.88. The van der Waals surface area contributed by atoms with Gasteiger partial charge in [0.15, 0.2) is 0 Å². The standard InChI is InChI=1S/C14H21N3O3S/c1-14(2,9-15)16-13(18)10-4-3-5-12(8-10)21(19,20)17-11-6-7-11/h3-5,8,11,17H,6-7,9,15H2,1-2H3,(H,16,18). The van der Waals surface area contributed by atoms with Crippen molar-refractivity contribution in [2.24, 2.45) is 5.73 Å². The highest BCUT2D eigenvalue weighted by Crippen LogP contribution is 2.22. The molecule has 0 aromatic heterocycles. The van der Waals surface area contributed by atoms with E-state index in [9.17, 15) is 13.2 Å². The number of carbonyl (C=O) groups excluding carboxylic acids is 1. The number of amides is 1. The van der Waals surface area contributed by atoms with Crippen molar-refractivity contribution in [1.82, 2.24) is 10.0 Å². The Balaban J connectivity index is 2.19. The Hall–Kier alpha value is -1.44. The van der Waals surface area contributed by atoms with E-state index in [-0.39, 0.29) is 16.8 Å². The Bertz CT molecular complexity index is 637. The van der Waals surface area contributed by atoms with Gasteiger partial charge in [0.2, 0.25) is 10.0 Å². The van der Waals surface area contributed by atoms with Crippen molar-refractivity contribution >= 4 is 15.9 Å². The fourth-order valence-corrected chi connectivity index (χ4v) is 3.07. The third-order valence-corrected chi connectivity index (χ3v) is 4.79. The zero-order valence-corrected chi connectivity index (χ0v) is 13.0. The molecule has 4 N–H and O–H groups in total. The van der Waals surface area contributed by atoms with Gasteiger partial charge in [-0.1, -0.05) is 6.07 Å². The van der Waals surface area contributed by atoms with Crippen molar-refractivity contribution in [2.75, 3.05) is 6.54 Å². The van der Waals surface area contributed by atoms with E-state index in [1.165, 1.54) is 12.1 Å². The van der Waals surface area contributed by atoms with Crippen LogP contribution >= 0.6 is 0 Å². The molecule has 0 radical (unpaired) electrons. The van der Waals surface area contributed by atoms with Crippen LogP contribution in [0.15, 0.2) is 29.2 Å². The average Bonchev–Trinajstić information content (AvgIpc) is 3.21. The van der Waals surface area contributed by atoms with Crippen molar-refractivity contribution < 1.29 is 13.2 Å². The van der Waals surface area contributed by atoms with Gasteiger partial charge in [-0.05, 0) is 44.9 Å². The summed E-state index contributed by atoms with van der Waals surface area (Å²) in [5.41, 5.74) is 5.33. The van der Waals surface area contributed by atoms with Gasteiger partial charge >= 0.3 is 0 Å². The number of benzene rings is 1. The highest BCUT2D eigenvalue weighted by Gasteiger charge is 2.28. The molecule has 116 valence electrons. The van der Waals surface area contributed by atoms with Gasteiger partial charge in [0.25, 0.3) is 5.91 Å². The van der Waals surface area contributed by atoms with Gasteiger partial charge in [0.05, 0.1) is 4.90 Å². The van der Waals surface area contributed by atoms with Gasteiger partial charge in [0.1, 0.15) is 0 Å². The summed E-state index contributed by atoms with van der Waals surface area (Å²) in [5.74, 6) is -0.339. The second-order valence-corrected chi connectivity index (χ2v) is 7.68. The Morgan fingerprint density at radius 3 is 2.62 bits per heavy atom. The van der Waals surface area contributed by atoms with E-state index in [2.05, 4.69) is 10.0 Å². The molecule has 0 spiro atoms. The van der Waals surface area contributed by atoms with Gasteiger partial charge in [-0.3, -0.25) is 4.79 Å². The maximum Gasteiger partial charge on any atom is 0.251 e. The quantitative estimate of drug-likeness (QED) is 0.716. The molecule has 21 heavy (non-hydrogen) atoms. The number of sulfonamides is 1. The SMILES string of the molecule is CC(C)(CN)NC(=O)c1cccc(S(=O)(=O)NC2CC2)c1. The molecule has 2 rings (SSSR count). The minimum Gasteiger partial charge on any atom is -0.346 e. The van der Waals surface area contributed by atoms with Gasteiger partial charge in [-0.2, -0.15) is 0 Å². The van der Waals surface area contributed by atoms with Crippen LogP contribution in [0.25, 0.3) is 0 Å². The molecule has 0 heterocycles. The number of rotatable bonds is 6. The van der Waals surface area contributed by atoms with Crippen molar-refractivity contribution in [3.8, 4) is 0 Å². The molecule has 1 saturated carbocycles. The third kappa shape index (κ3) is 4.26. The molecule has 1 aromatic carbocycles. The van der Waals surface area contributed by atoms with Gasteiger partial charge in [0, 0.05) is 23.7 Å². The summed E-state index contributed by atoms with van der Waals surface area (Å²) < 4.78 is 26.9. The van der Waals surface area contributed by atoms with Crippen molar-refractivity contribution in [1.29, 1.82) is 0 Å². The first kappa shape index (κ1) is 15.9. The Kier molecular flexibility index (Phi) is 4.36. The Morgan fingerprint density at radius 1 is 1.38 bits per heavy atom. The van der Waals surface area contributed by atoms with Crippen LogP contribution in [-0.2, 0) is 10.0 Å². The largest absolute Gasteiger partial charge is 0.346 e. The van der Waals surface area contributed by atoms with Crippen molar-refractivity contribution in [3.63, 3.8) is 0 Å². The molecule has 6 nitrogen and oxygen atoms in total. The van der Waals surface area contributed by atoms with E-state index < -0.39 is 15.6 Å². The van der Waals surface area contributed by atoms with Crippen LogP contribution in [0.2, 0.25) is 0 Å². The zero-order valence-electron chi connectivity index (χ0n) is 12.2. The molecular formula is C14H21N3O3S. The van der Waals surface area contributed by atoms with E-state index in [1.807, 2.05) is 0 Å². The van der Waals surface area contributed by atoms with Crippen LogP contribution in [-0.4, -0.2) is 32.5 Å². The summed E-state index contributed by atoms with van der Waals surface area (Å²) in [5, 5.41) is 2.77. The Morgan fingerprint density at radius 2 is 2.05 bits per heavy atom. The molecule has 1 fully saturated rings. The molecule has 7 heteroatoms. The van der Waals surface area contributed by atoms with Crippen LogP contribution in [0.5, 0.6) is 0 Å². The van der Waals surface area contributed by atoms with Crippen LogP contribution < -0.4 is 15.8 Å². The highest BCUT2D eigenvalue weighted by molar-refractivity contribution is 7.89. The van der Waals surface area contributed by atoms with Crippen molar-refractivity contribution in [2.45, 2.75) is 43.2 Å². The summed E-state index contributed by atoms with van der Waals surface area (Å²) in [6, 6.07) is 6.04. The topological polar surface area (TPSA) is 101 Å². The lowest BCUT2D eigenvalue weighted by Crippen LogP contribution is -2.48. The molecule has 1 aliphatic rings. The average molecular weight is 311 g/mol. The van der Waals surface area contributed by atoms with Crippen LogP contribution in [0.4, 0.5) is 0 Å².